The highest BCUT2D eigenvalue weighted by Gasteiger charge is 2.17. The molecule has 8 heteroatoms. The number of carbonyl (C=O) groups is 1. The maximum atomic E-state index is 12.5. The number of hydrogen-bond donors (Lipinski definition) is 1. The molecule has 2 aromatic carbocycles. The molecule has 3 rings (SSSR count). The van der Waals surface area contributed by atoms with Crippen molar-refractivity contribution in [3.05, 3.63) is 75.4 Å². The molecule has 5 nitrogen and oxygen atoms in total. The molecule has 0 aliphatic heterocycles. The van der Waals surface area contributed by atoms with E-state index in [4.69, 9.17) is 39.5 Å². The van der Waals surface area contributed by atoms with E-state index in [1.807, 2.05) is 6.07 Å². The quantitative estimate of drug-likeness (QED) is 0.584. The van der Waals surface area contributed by atoms with Gasteiger partial charge in [0.15, 0.2) is 6.10 Å². The smallest absolute Gasteiger partial charge is 0.266 e. The van der Waals surface area contributed by atoms with Crippen LogP contribution in [0.3, 0.4) is 0 Å². The summed E-state index contributed by atoms with van der Waals surface area (Å²) in [6.45, 7) is 2.05. The molecule has 27 heavy (non-hydrogen) atoms. The van der Waals surface area contributed by atoms with Crippen LogP contribution in [0.5, 0.6) is 5.75 Å². The number of carbonyl (C=O) groups excluding carboxylic acids is 1. The number of hydrogen-bond acceptors (Lipinski definition) is 3. The molecule has 0 aliphatic rings. The Morgan fingerprint density at radius 3 is 2.67 bits per heavy atom. The van der Waals surface area contributed by atoms with Crippen molar-refractivity contribution in [3.8, 4) is 5.75 Å². The molecule has 1 aromatic heterocycles. The molecule has 0 aliphatic carbocycles. The van der Waals surface area contributed by atoms with Gasteiger partial charge in [-0.1, -0.05) is 46.9 Å². The first-order valence-electron chi connectivity index (χ1n) is 8.11. The van der Waals surface area contributed by atoms with Gasteiger partial charge in [-0.2, -0.15) is 5.10 Å². The van der Waals surface area contributed by atoms with Crippen molar-refractivity contribution in [1.29, 1.82) is 0 Å². The van der Waals surface area contributed by atoms with E-state index in [1.54, 1.807) is 60.3 Å². The van der Waals surface area contributed by atoms with Crippen LogP contribution in [0.1, 0.15) is 12.5 Å². The Kier molecular flexibility index (Phi) is 6.26. The van der Waals surface area contributed by atoms with E-state index in [0.717, 1.165) is 5.56 Å². The fourth-order valence-electron chi connectivity index (χ4n) is 2.40. The van der Waals surface area contributed by atoms with Gasteiger partial charge in [0, 0.05) is 21.1 Å². The van der Waals surface area contributed by atoms with Gasteiger partial charge in [0.1, 0.15) is 11.6 Å². The molecule has 0 fully saturated rings. The van der Waals surface area contributed by atoms with Gasteiger partial charge in [-0.05, 0) is 42.8 Å². The minimum Gasteiger partial charge on any atom is -0.481 e. The van der Waals surface area contributed by atoms with Crippen LogP contribution < -0.4 is 10.1 Å². The number of nitrogens with zero attached hydrogens (tertiary/aromatic N) is 2. The van der Waals surface area contributed by atoms with Crippen molar-refractivity contribution in [2.75, 3.05) is 5.32 Å². The van der Waals surface area contributed by atoms with Crippen molar-refractivity contribution in [1.82, 2.24) is 9.78 Å². The van der Waals surface area contributed by atoms with Crippen LogP contribution in [0.25, 0.3) is 0 Å². The summed E-state index contributed by atoms with van der Waals surface area (Å²) in [5.74, 6) is 0.748. The van der Waals surface area contributed by atoms with E-state index < -0.39 is 6.10 Å². The SMILES string of the molecule is CC(Oc1cccc(Cl)c1)C(=O)Nc1ccnn1Cc1ccc(Cl)cc1Cl. The van der Waals surface area contributed by atoms with Crippen molar-refractivity contribution in [3.63, 3.8) is 0 Å². The normalized spacial score (nSPS) is 11.9. The summed E-state index contributed by atoms with van der Waals surface area (Å²) in [4.78, 5) is 12.5. The molecular formula is C19H16Cl3N3O2. The van der Waals surface area contributed by atoms with E-state index in [0.29, 0.717) is 33.2 Å². The Morgan fingerprint density at radius 1 is 1.15 bits per heavy atom. The van der Waals surface area contributed by atoms with Crippen LogP contribution in [0.15, 0.2) is 54.7 Å². The minimum atomic E-state index is -0.717. The number of aromatic nitrogens is 2. The Bertz CT molecular complexity index is 959. The molecule has 1 atom stereocenters. The summed E-state index contributed by atoms with van der Waals surface area (Å²) < 4.78 is 7.27. The second-order valence-electron chi connectivity index (χ2n) is 5.82. The maximum Gasteiger partial charge on any atom is 0.266 e. The van der Waals surface area contributed by atoms with Gasteiger partial charge in [0.05, 0.1) is 12.7 Å². The monoisotopic (exact) mass is 423 g/mol. The minimum absolute atomic E-state index is 0.307. The maximum absolute atomic E-state index is 12.5. The first-order valence-corrected chi connectivity index (χ1v) is 9.24. The zero-order valence-electron chi connectivity index (χ0n) is 14.3. The van der Waals surface area contributed by atoms with E-state index in [9.17, 15) is 4.79 Å². The number of nitrogens with one attached hydrogen (secondary N) is 1. The second-order valence-corrected chi connectivity index (χ2v) is 7.10. The molecule has 0 saturated carbocycles. The Balaban J connectivity index is 1.67. The van der Waals surface area contributed by atoms with Gasteiger partial charge >= 0.3 is 0 Å². The molecule has 1 unspecified atom stereocenters. The summed E-state index contributed by atoms with van der Waals surface area (Å²) in [5, 5.41) is 8.68. The summed E-state index contributed by atoms with van der Waals surface area (Å²) in [5.41, 5.74) is 0.837. The van der Waals surface area contributed by atoms with Crippen LogP contribution in [0.2, 0.25) is 15.1 Å². The highest BCUT2D eigenvalue weighted by atomic mass is 35.5. The standard InChI is InChI=1S/C19H16Cl3N3O2/c1-12(27-16-4-2-3-14(20)9-16)19(26)24-18-7-8-23-25(18)11-13-5-6-15(21)10-17(13)22/h2-10,12H,11H2,1H3,(H,24,26). The number of amides is 1. The van der Waals surface area contributed by atoms with Crippen LogP contribution >= 0.6 is 34.8 Å². The third kappa shape index (κ3) is 5.16. The van der Waals surface area contributed by atoms with Gasteiger partial charge in [-0.25, -0.2) is 4.68 Å². The molecule has 0 saturated heterocycles. The molecule has 140 valence electrons. The van der Waals surface area contributed by atoms with Gasteiger partial charge in [-0.15, -0.1) is 0 Å². The van der Waals surface area contributed by atoms with Crippen LogP contribution in [-0.2, 0) is 11.3 Å². The lowest BCUT2D eigenvalue weighted by molar-refractivity contribution is -0.122. The number of benzene rings is 2. The fourth-order valence-corrected chi connectivity index (χ4v) is 3.05. The van der Waals surface area contributed by atoms with Gasteiger partial charge in [-0.3, -0.25) is 4.79 Å². The van der Waals surface area contributed by atoms with Gasteiger partial charge in [0.25, 0.3) is 5.91 Å². The lowest BCUT2D eigenvalue weighted by Gasteiger charge is -2.16. The molecule has 0 spiro atoms. The number of anilines is 1. The van der Waals surface area contributed by atoms with Crippen LogP contribution in [-0.4, -0.2) is 21.8 Å². The number of ether oxygens (including phenoxy) is 1. The predicted octanol–water partition coefficient (Wildman–Crippen LogP) is 5.30. The van der Waals surface area contributed by atoms with Crippen molar-refractivity contribution < 1.29 is 9.53 Å². The summed E-state index contributed by atoms with van der Waals surface area (Å²) in [7, 11) is 0. The van der Waals surface area contributed by atoms with Crippen molar-refractivity contribution in [2.24, 2.45) is 0 Å². The van der Waals surface area contributed by atoms with E-state index in [2.05, 4.69) is 10.4 Å². The van der Waals surface area contributed by atoms with E-state index in [-0.39, 0.29) is 5.91 Å². The van der Waals surface area contributed by atoms with Gasteiger partial charge in [0.2, 0.25) is 0 Å². The summed E-state index contributed by atoms with van der Waals surface area (Å²) in [6, 6.07) is 13.8. The average molecular weight is 425 g/mol. The molecule has 1 heterocycles. The van der Waals surface area contributed by atoms with Crippen LogP contribution in [0.4, 0.5) is 5.82 Å². The first-order chi connectivity index (χ1) is 12.9. The van der Waals surface area contributed by atoms with Crippen molar-refractivity contribution >= 4 is 46.5 Å². The Labute approximate surface area is 171 Å². The fraction of sp³-hybridized carbons (Fsp3) is 0.158. The lowest BCUT2D eigenvalue weighted by Crippen LogP contribution is -2.31. The van der Waals surface area contributed by atoms with Crippen LogP contribution in [0, 0.1) is 0 Å². The predicted molar refractivity (Wildman–Crippen MR) is 108 cm³/mol. The van der Waals surface area contributed by atoms with E-state index in [1.165, 1.54) is 0 Å². The molecule has 1 N–H and O–H groups in total. The molecule has 0 bridgehead atoms. The number of halogens is 3. The highest BCUT2D eigenvalue weighted by molar-refractivity contribution is 6.35. The summed E-state index contributed by atoms with van der Waals surface area (Å²) >= 11 is 18.1. The topological polar surface area (TPSA) is 56.1 Å². The largest absolute Gasteiger partial charge is 0.481 e. The Hall–Kier alpha value is -2.21. The van der Waals surface area contributed by atoms with Crippen molar-refractivity contribution in [2.45, 2.75) is 19.6 Å². The van der Waals surface area contributed by atoms with E-state index >= 15 is 0 Å². The molecule has 3 aromatic rings. The third-order valence-corrected chi connectivity index (χ3v) is 4.60. The second kappa shape index (κ2) is 8.65. The number of rotatable bonds is 6. The highest BCUT2D eigenvalue weighted by Crippen LogP contribution is 2.23. The van der Waals surface area contributed by atoms with Gasteiger partial charge < -0.3 is 10.1 Å². The first kappa shape index (κ1) is 19.5. The molecule has 1 amide bonds. The Morgan fingerprint density at radius 2 is 1.93 bits per heavy atom. The summed E-state index contributed by atoms with van der Waals surface area (Å²) in [6.07, 6.45) is 0.882. The molecule has 0 radical (unpaired) electrons. The zero-order valence-corrected chi connectivity index (χ0v) is 16.6. The molecular weight excluding hydrogens is 409 g/mol. The third-order valence-electron chi connectivity index (χ3n) is 3.78. The lowest BCUT2D eigenvalue weighted by atomic mass is 10.2. The zero-order chi connectivity index (χ0) is 19.4. The average Bonchev–Trinajstić information content (AvgIpc) is 3.04.